The summed E-state index contributed by atoms with van der Waals surface area (Å²) >= 11 is 0. The highest BCUT2D eigenvalue weighted by atomic mass is 14.2. The number of rotatable bonds is 5. The molecule has 0 saturated carbocycles. The summed E-state index contributed by atoms with van der Waals surface area (Å²) in [5.74, 6) is 1.48. The van der Waals surface area contributed by atoms with Gasteiger partial charge >= 0.3 is 0 Å². The molecule has 15 heavy (non-hydrogen) atoms. The van der Waals surface area contributed by atoms with E-state index < -0.39 is 0 Å². The lowest BCUT2D eigenvalue weighted by molar-refractivity contribution is 0.452. The second-order valence-electron chi connectivity index (χ2n) is 4.91. The molecule has 0 saturated heterocycles. The van der Waals surface area contributed by atoms with Crippen LogP contribution in [0.2, 0.25) is 0 Å². The molecule has 2 atom stereocenters. The van der Waals surface area contributed by atoms with Crippen molar-refractivity contribution in [1.29, 1.82) is 0 Å². The van der Waals surface area contributed by atoms with Crippen LogP contribution in [0.25, 0.3) is 0 Å². The highest BCUT2D eigenvalue weighted by molar-refractivity contribution is 6.22. The first kappa shape index (κ1) is 12.6. The molecule has 0 aromatic rings. The van der Waals surface area contributed by atoms with Crippen LogP contribution < -0.4 is 0 Å². The minimum atomic E-state index is 0.635. The molecule has 0 nitrogen and oxygen atoms in total. The zero-order valence-electron chi connectivity index (χ0n) is 10.4. The van der Waals surface area contributed by atoms with Gasteiger partial charge in [0.2, 0.25) is 0 Å². The molecule has 82 valence electrons. The van der Waals surface area contributed by atoms with Gasteiger partial charge in [-0.2, -0.15) is 0 Å². The third-order valence-electron chi connectivity index (χ3n) is 3.57. The summed E-state index contributed by atoms with van der Waals surface area (Å²) in [5.41, 5.74) is 2.51. The van der Waals surface area contributed by atoms with E-state index in [9.17, 15) is 0 Å². The van der Waals surface area contributed by atoms with Crippen molar-refractivity contribution in [2.24, 2.45) is 11.8 Å². The van der Waals surface area contributed by atoms with E-state index in [0.29, 0.717) is 5.92 Å². The molecule has 1 aliphatic carbocycles. The molecule has 1 heteroatoms. The van der Waals surface area contributed by atoms with Crippen molar-refractivity contribution in [3.8, 4) is 0 Å². The first-order chi connectivity index (χ1) is 7.15. The van der Waals surface area contributed by atoms with Crippen LogP contribution in [-0.4, -0.2) is 7.85 Å². The summed E-state index contributed by atoms with van der Waals surface area (Å²) < 4.78 is 0. The molecule has 0 N–H and O–H groups in total. The van der Waals surface area contributed by atoms with Crippen molar-refractivity contribution in [3.63, 3.8) is 0 Å². The zero-order valence-corrected chi connectivity index (χ0v) is 10.4. The van der Waals surface area contributed by atoms with Crippen molar-refractivity contribution in [2.75, 3.05) is 0 Å². The van der Waals surface area contributed by atoms with E-state index in [2.05, 4.69) is 32.9 Å². The Morgan fingerprint density at radius 1 is 1.33 bits per heavy atom. The minimum absolute atomic E-state index is 0.635. The molecule has 0 aliphatic heterocycles. The molecule has 0 aromatic heterocycles. The molecular weight excluding hydrogens is 179 g/mol. The quantitative estimate of drug-likeness (QED) is 0.585. The Morgan fingerprint density at radius 2 is 2.07 bits per heavy atom. The Morgan fingerprint density at radius 3 is 2.67 bits per heavy atom. The maximum Gasteiger partial charge on any atom is 0.108 e. The van der Waals surface area contributed by atoms with Crippen LogP contribution >= 0.6 is 0 Å². The predicted octanol–water partition coefficient (Wildman–Crippen LogP) is 4.22. The standard InChI is InChI=1S/C14H23B/c1-4-11(2)9-10-12(3)13-7-5-6-8-14(13)15/h5,7,11-12H,4,6,8-10H2,1-3H3. The maximum atomic E-state index is 6.05. The highest BCUT2D eigenvalue weighted by Crippen LogP contribution is 2.27. The lowest BCUT2D eigenvalue weighted by atomic mass is 9.77. The average molecular weight is 202 g/mol. The Kier molecular flexibility index (Phi) is 5.21. The summed E-state index contributed by atoms with van der Waals surface area (Å²) in [7, 11) is 6.05. The van der Waals surface area contributed by atoms with Crippen LogP contribution in [0.5, 0.6) is 0 Å². The van der Waals surface area contributed by atoms with Gasteiger partial charge in [0.25, 0.3) is 0 Å². The molecule has 2 radical (unpaired) electrons. The van der Waals surface area contributed by atoms with Gasteiger partial charge in [-0.1, -0.05) is 51.3 Å². The van der Waals surface area contributed by atoms with E-state index in [1.807, 2.05) is 0 Å². The van der Waals surface area contributed by atoms with Gasteiger partial charge in [0.15, 0.2) is 0 Å². The molecule has 2 unspecified atom stereocenters. The van der Waals surface area contributed by atoms with Gasteiger partial charge in [0.1, 0.15) is 7.85 Å². The topological polar surface area (TPSA) is 0 Å². The Balaban J connectivity index is 2.46. The molecule has 0 fully saturated rings. The first-order valence-corrected chi connectivity index (χ1v) is 6.30. The molecule has 1 rings (SSSR count). The predicted molar refractivity (Wildman–Crippen MR) is 69.0 cm³/mol. The normalized spacial score (nSPS) is 20.5. The third kappa shape index (κ3) is 3.89. The van der Waals surface area contributed by atoms with Gasteiger partial charge in [-0.05, 0) is 31.1 Å². The first-order valence-electron chi connectivity index (χ1n) is 6.30. The molecule has 1 aliphatic rings. The number of hydrogen-bond acceptors (Lipinski definition) is 0. The van der Waals surface area contributed by atoms with Crippen molar-refractivity contribution < 1.29 is 0 Å². The SMILES string of the molecule is [B]C1=C(C(C)CCC(C)CC)C=CCC1. The lowest BCUT2D eigenvalue weighted by Gasteiger charge is -2.21. The van der Waals surface area contributed by atoms with Crippen molar-refractivity contribution in [1.82, 2.24) is 0 Å². The van der Waals surface area contributed by atoms with E-state index >= 15 is 0 Å². The molecule has 0 bridgehead atoms. The van der Waals surface area contributed by atoms with Crippen LogP contribution in [-0.2, 0) is 0 Å². The molecule has 0 spiro atoms. The van der Waals surface area contributed by atoms with Gasteiger partial charge in [0.05, 0.1) is 0 Å². The largest absolute Gasteiger partial charge is 0.114 e. The van der Waals surface area contributed by atoms with Crippen LogP contribution in [0, 0.1) is 11.8 Å². The van der Waals surface area contributed by atoms with Crippen LogP contribution in [0.15, 0.2) is 23.2 Å². The Hall–Kier alpha value is -0.455. The monoisotopic (exact) mass is 202 g/mol. The van der Waals surface area contributed by atoms with E-state index in [-0.39, 0.29) is 0 Å². The van der Waals surface area contributed by atoms with E-state index in [1.165, 1.54) is 24.8 Å². The minimum Gasteiger partial charge on any atom is -0.114 e. The molecule has 0 heterocycles. The van der Waals surface area contributed by atoms with Gasteiger partial charge < -0.3 is 0 Å². The van der Waals surface area contributed by atoms with Crippen LogP contribution in [0.4, 0.5) is 0 Å². The van der Waals surface area contributed by atoms with Gasteiger partial charge in [-0.3, -0.25) is 0 Å². The molecular formula is C14H23B. The van der Waals surface area contributed by atoms with E-state index in [4.69, 9.17) is 7.85 Å². The Bertz CT molecular complexity index is 250. The fraction of sp³-hybridized carbons (Fsp3) is 0.714. The van der Waals surface area contributed by atoms with Gasteiger partial charge in [-0.25, -0.2) is 0 Å². The van der Waals surface area contributed by atoms with E-state index in [0.717, 1.165) is 24.2 Å². The van der Waals surface area contributed by atoms with Crippen molar-refractivity contribution in [3.05, 3.63) is 23.2 Å². The van der Waals surface area contributed by atoms with Gasteiger partial charge in [-0.15, -0.1) is 5.47 Å². The van der Waals surface area contributed by atoms with E-state index in [1.54, 1.807) is 0 Å². The maximum absolute atomic E-state index is 6.05. The Labute approximate surface area is 96.3 Å². The van der Waals surface area contributed by atoms with Crippen molar-refractivity contribution in [2.45, 2.75) is 52.9 Å². The molecule has 0 amide bonds. The summed E-state index contributed by atoms with van der Waals surface area (Å²) in [6, 6.07) is 0. The number of hydrogen-bond donors (Lipinski definition) is 0. The zero-order chi connectivity index (χ0) is 11.3. The van der Waals surface area contributed by atoms with Crippen LogP contribution in [0.1, 0.15) is 52.9 Å². The average Bonchev–Trinajstić information content (AvgIpc) is 2.26. The second-order valence-corrected chi connectivity index (χ2v) is 4.91. The summed E-state index contributed by atoms with van der Waals surface area (Å²) in [6.07, 6.45) is 10.5. The summed E-state index contributed by atoms with van der Waals surface area (Å²) in [5, 5.41) is 0. The lowest BCUT2D eigenvalue weighted by Crippen LogP contribution is -2.06. The molecule has 0 aromatic carbocycles. The smallest absolute Gasteiger partial charge is 0.108 e. The van der Waals surface area contributed by atoms with Crippen molar-refractivity contribution >= 4 is 7.85 Å². The summed E-state index contributed by atoms with van der Waals surface area (Å²) in [6.45, 7) is 6.91. The fourth-order valence-corrected chi connectivity index (χ4v) is 2.08. The summed E-state index contributed by atoms with van der Waals surface area (Å²) in [4.78, 5) is 0. The number of allylic oxidation sites excluding steroid dienone is 4. The van der Waals surface area contributed by atoms with Crippen LogP contribution in [0.3, 0.4) is 0 Å². The third-order valence-corrected chi connectivity index (χ3v) is 3.57. The van der Waals surface area contributed by atoms with Gasteiger partial charge in [0, 0.05) is 0 Å². The highest BCUT2D eigenvalue weighted by Gasteiger charge is 2.12. The second kappa shape index (κ2) is 6.20. The fourth-order valence-electron chi connectivity index (χ4n) is 2.08.